The molecule has 0 aromatic heterocycles. The average Bonchev–Trinajstić information content (AvgIpc) is 2.34. The van der Waals surface area contributed by atoms with Crippen LogP contribution < -0.4 is 5.32 Å². The Hall–Kier alpha value is -2.24. The Labute approximate surface area is 109 Å². The summed E-state index contributed by atoms with van der Waals surface area (Å²) in [4.78, 5) is 23.3. The lowest BCUT2D eigenvalue weighted by Gasteiger charge is -2.21. The molecule has 1 aromatic rings. The highest BCUT2D eigenvalue weighted by atomic mass is 19.1. The van der Waals surface area contributed by atoms with Crippen molar-refractivity contribution in [3.63, 3.8) is 0 Å². The Morgan fingerprint density at radius 1 is 1.47 bits per heavy atom. The van der Waals surface area contributed by atoms with Gasteiger partial charge in [0.25, 0.3) is 0 Å². The van der Waals surface area contributed by atoms with Gasteiger partial charge >= 0.3 is 0 Å². The Morgan fingerprint density at radius 3 is 2.74 bits per heavy atom. The second-order valence-corrected chi connectivity index (χ2v) is 4.44. The third-order valence-electron chi connectivity index (χ3n) is 3.19. The average molecular weight is 264 g/mol. The Bertz CT molecular complexity index is 608. The van der Waals surface area contributed by atoms with Crippen molar-refractivity contribution in [2.45, 2.75) is 26.7 Å². The molecule has 0 fully saturated rings. The van der Waals surface area contributed by atoms with Crippen LogP contribution in [0.1, 0.15) is 34.8 Å². The van der Waals surface area contributed by atoms with E-state index in [1.807, 2.05) is 0 Å². The lowest BCUT2D eigenvalue weighted by atomic mass is 9.85. The topological polar surface area (TPSA) is 78.8 Å². The number of anilines is 1. The van der Waals surface area contributed by atoms with Crippen molar-refractivity contribution in [2.75, 3.05) is 5.32 Å². The lowest BCUT2D eigenvalue weighted by molar-refractivity contribution is -0.114. The van der Waals surface area contributed by atoms with Crippen molar-refractivity contribution in [1.82, 2.24) is 0 Å². The van der Waals surface area contributed by atoms with Gasteiger partial charge in [0.1, 0.15) is 11.5 Å². The van der Waals surface area contributed by atoms with Gasteiger partial charge in [-0.05, 0) is 30.5 Å². The molecule has 0 saturated heterocycles. The van der Waals surface area contributed by atoms with Crippen LogP contribution >= 0.6 is 0 Å². The molecule has 0 heterocycles. The van der Waals surface area contributed by atoms with Gasteiger partial charge < -0.3 is 10.5 Å². The van der Waals surface area contributed by atoms with Gasteiger partial charge in [0.2, 0.25) is 11.7 Å². The fourth-order valence-electron chi connectivity index (χ4n) is 2.26. The first-order valence-electron chi connectivity index (χ1n) is 5.81. The number of hydrogen-bond acceptors (Lipinski definition) is 4. The highest BCUT2D eigenvalue weighted by Gasteiger charge is 2.29. The van der Waals surface area contributed by atoms with Crippen molar-refractivity contribution in [3.05, 3.63) is 28.6 Å². The summed E-state index contributed by atoms with van der Waals surface area (Å²) in [6, 6.07) is 1.12. The molecule has 2 N–H and O–H groups in total. The number of fused-ring (bicyclic) bond motifs is 1. The largest absolute Gasteiger partial charge is 0.411 e. The molecule has 1 amide bonds. The Balaban J connectivity index is 2.67. The van der Waals surface area contributed by atoms with Crippen LogP contribution in [-0.4, -0.2) is 22.6 Å². The van der Waals surface area contributed by atoms with Gasteiger partial charge in [-0.1, -0.05) is 5.16 Å². The fraction of sp³-hybridized carbons (Fsp3) is 0.308. The van der Waals surface area contributed by atoms with E-state index in [0.717, 1.165) is 6.07 Å². The molecular formula is C13H13FN2O3. The maximum absolute atomic E-state index is 13.8. The molecule has 1 aliphatic carbocycles. The molecule has 0 aliphatic heterocycles. The standard InChI is InChI=1S/C13H13FN2O3/c1-6-8-3-4-10(16-19)13(18)12(8)11(5-9(6)14)15-7(2)17/h5,19H,3-4H2,1-2H3,(H,15,17)/b16-10+. The van der Waals surface area contributed by atoms with E-state index in [-0.39, 0.29) is 23.4 Å². The second kappa shape index (κ2) is 4.79. The van der Waals surface area contributed by atoms with Gasteiger partial charge in [-0.3, -0.25) is 9.59 Å². The SMILES string of the molecule is CC(=O)Nc1cc(F)c(C)c2c1C(=O)/C(=N/O)CC2. The third kappa shape index (κ3) is 2.21. The van der Waals surface area contributed by atoms with Gasteiger partial charge in [-0.15, -0.1) is 0 Å². The predicted octanol–water partition coefficient (Wildman–Crippen LogP) is 2.05. The van der Waals surface area contributed by atoms with Gasteiger partial charge in [-0.25, -0.2) is 4.39 Å². The van der Waals surface area contributed by atoms with Gasteiger partial charge in [-0.2, -0.15) is 0 Å². The van der Waals surface area contributed by atoms with Crippen LogP contribution in [0.5, 0.6) is 0 Å². The number of nitrogens with zero attached hydrogens (tertiary/aromatic N) is 1. The van der Waals surface area contributed by atoms with Crippen LogP contribution in [0.3, 0.4) is 0 Å². The number of rotatable bonds is 1. The zero-order valence-corrected chi connectivity index (χ0v) is 10.6. The van der Waals surface area contributed by atoms with Crippen LogP contribution in [0.15, 0.2) is 11.2 Å². The van der Waals surface area contributed by atoms with Crippen molar-refractivity contribution in [2.24, 2.45) is 5.16 Å². The number of Topliss-reactive ketones (excluding diaryl/α,β-unsaturated/α-hetero) is 1. The van der Waals surface area contributed by atoms with Gasteiger partial charge in [0.05, 0.1) is 11.3 Å². The molecule has 19 heavy (non-hydrogen) atoms. The maximum atomic E-state index is 13.8. The minimum absolute atomic E-state index is 0.0186. The zero-order valence-electron chi connectivity index (χ0n) is 10.6. The summed E-state index contributed by atoms with van der Waals surface area (Å²) in [5.74, 6) is -1.35. The molecule has 0 unspecified atom stereocenters. The summed E-state index contributed by atoms with van der Waals surface area (Å²) >= 11 is 0. The molecule has 0 bridgehead atoms. The normalized spacial score (nSPS) is 16.4. The molecule has 100 valence electrons. The predicted molar refractivity (Wildman–Crippen MR) is 67.3 cm³/mol. The van der Waals surface area contributed by atoms with E-state index in [1.165, 1.54) is 6.92 Å². The summed E-state index contributed by atoms with van der Waals surface area (Å²) in [7, 11) is 0. The number of benzene rings is 1. The van der Waals surface area contributed by atoms with Crippen LogP contribution in [0.25, 0.3) is 0 Å². The summed E-state index contributed by atoms with van der Waals surface area (Å²) in [6.07, 6.45) is 0.656. The number of carbonyl (C=O) groups is 2. The first-order valence-corrected chi connectivity index (χ1v) is 5.81. The molecule has 1 aliphatic rings. The lowest BCUT2D eigenvalue weighted by Crippen LogP contribution is -2.26. The molecule has 2 rings (SSSR count). The number of amides is 1. The van der Waals surface area contributed by atoms with Crippen molar-refractivity contribution in [3.8, 4) is 0 Å². The van der Waals surface area contributed by atoms with E-state index in [4.69, 9.17) is 5.21 Å². The maximum Gasteiger partial charge on any atom is 0.221 e. The number of nitrogens with one attached hydrogen (secondary N) is 1. The minimum atomic E-state index is -0.476. The molecule has 0 radical (unpaired) electrons. The summed E-state index contributed by atoms with van der Waals surface area (Å²) in [5.41, 5.74) is 1.30. The van der Waals surface area contributed by atoms with Crippen molar-refractivity contribution in [1.29, 1.82) is 0 Å². The molecule has 5 nitrogen and oxygen atoms in total. The summed E-state index contributed by atoms with van der Waals surface area (Å²) in [5, 5.41) is 14.2. The second-order valence-electron chi connectivity index (χ2n) is 4.44. The molecule has 0 atom stereocenters. The number of halogens is 1. The highest BCUT2D eigenvalue weighted by molar-refractivity contribution is 6.48. The molecular weight excluding hydrogens is 251 g/mol. The fourth-order valence-corrected chi connectivity index (χ4v) is 2.26. The number of ketones is 1. The first-order chi connectivity index (χ1) is 8.95. The van der Waals surface area contributed by atoms with E-state index in [1.54, 1.807) is 6.92 Å². The zero-order chi connectivity index (χ0) is 14.2. The van der Waals surface area contributed by atoms with Gasteiger partial charge in [0, 0.05) is 13.3 Å². The van der Waals surface area contributed by atoms with Crippen LogP contribution in [0, 0.1) is 12.7 Å². The van der Waals surface area contributed by atoms with Crippen LogP contribution in [0.2, 0.25) is 0 Å². The summed E-state index contributed by atoms with van der Waals surface area (Å²) in [6.45, 7) is 2.86. The molecule has 6 heteroatoms. The van der Waals surface area contributed by atoms with Crippen molar-refractivity contribution >= 4 is 23.1 Å². The summed E-state index contributed by atoms with van der Waals surface area (Å²) < 4.78 is 13.8. The number of hydrogen-bond donors (Lipinski definition) is 2. The van der Waals surface area contributed by atoms with E-state index >= 15 is 0 Å². The molecule has 1 aromatic carbocycles. The third-order valence-corrected chi connectivity index (χ3v) is 3.19. The van der Waals surface area contributed by atoms with Gasteiger partial charge in [0.15, 0.2) is 0 Å². The van der Waals surface area contributed by atoms with Crippen LogP contribution in [0.4, 0.5) is 10.1 Å². The smallest absolute Gasteiger partial charge is 0.221 e. The van der Waals surface area contributed by atoms with E-state index < -0.39 is 17.5 Å². The minimum Gasteiger partial charge on any atom is -0.411 e. The van der Waals surface area contributed by atoms with E-state index in [9.17, 15) is 14.0 Å². The highest BCUT2D eigenvalue weighted by Crippen LogP contribution is 2.31. The number of carbonyl (C=O) groups excluding carboxylic acids is 2. The van der Waals surface area contributed by atoms with E-state index in [2.05, 4.69) is 10.5 Å². The van der Waals surface area contributed by atoms with E-state index in [0.29, 0.717) is 17.5 Å². The Kier molecular flexibility index (Phi) is 3.33. The quantitative estimate of drug-likeness (QED) is 0.602. The monoisotopic (exact) mass is 264 g/mol. The molecule has 0 spiro atoms. The number of oxime groups is 1. The molecule has 0 saturated carbocycles. The Morgan fingerprint density at radius 2 is 2.16 bits per heavy atom. The van der Waals surface area contributed by atoms with Crippen LogP contribution in [-0.2, 0) is 11.2 Å². The first kappa shape index (κ1) is 13.2. The van der Waals surface area contributed by atoms with Crippen molar-refractivity contribution < 1.29 is 19.2 Å².